The second-order valence-electron chi connectivity index (χ2n) is 5.61. The minimum Gasteiger partial charge on any atom is -0.314 e. The number of halogens is 1. The van der Waals surface area contributed by atoms with Gasteiger partial charge in [0.2, 0.25) is 0 Å². The topological polar surface area (TPSA) is 29.9 Å². The predicted molar refractivity (Wildman–Crippen MR) is 85.5 cm³/mol. The van der Waals surface area contributed by atoms with E-state index in [-0.39, 0.29) is 0 Å². The largest absolute Gasteiger partial charge is 0.314 e. The third-order valence-corrected chi connectivity index (χ3v) is 4.41. The van der Waals surface area contributed by atoms with Gasteiger partial charge in [0.1, 0.15) is 0 Å². The monoisotopic (exact) mass is 329 g/mol. The normalized spacial score (nSPS) is 13.2. The summed E-state index contributed by atoms with van der Waals surface area (Å²) in [5, 5.41) is 8.15. The Balaban J connectivity index is 2.75. The SMILES string of the molecule is CCCC(CNC(C)C)Cc1c(Br)c(CC)nn1C. The molecule has 4 heteroatoms. The summed E-state index contributed by atoms with van der Waals surface area (Å²) >= 11 is 3.72. The molecule has 1 rings (SSSR count). The molecule has 0 aliphatic heterocycles. The second-order valence-corrected chi connectivity index (χ2v) is 6.40. The second kappa shape index (κ2) is 8.05. The summed E-state index contributed by atoms with van der Waals surface area (Å²) in [5.74, 6) is 0.684. The van der Waals surface area contributed by atoms with Crippen LogP contribution in [0, 0.1) is 5.92 Å². The van der Waals surface area contributed by atoms with E-state index in [1.165, 1.54) is 28.7 Å². The van der Waals surface area contributed by atoms with E-state index in [0.717, 1.165) is 19.4 Å². The van der Waals surface area contributed by atoms with Crippen molar-refractivity contribution in [1.82, 2.24) is 15.1 Å². The maximum atomic E-state index is 4.59. The van der Waals surface area contributed by atoms with Gasteiger partial charge in [-0.15, -0.1) is 0 Å². The molecule has 0 bridgehead atoms. The number of hydrogen-bond donors (Lipinski definition) is 1. The van der Waals surface area contributed by atoms with Gasteiger partial charge in [-0.2, -0.15) is 5.10 Å². The molecule has 0 aliphatic rings. The highest BCUT2D eigenvalue weighted by Crippen LogP contribution is 2.25. The molecule has 1 heterocycles. The number of nitrogens with one attached hydrogen (secondary N) is 1. The molecule has 1 N–H and O–H groups in total. The van der Waals surface area contributed by atoms with Crippen molar-refractivity contribution in [2.24, 2.45) is 13.0 Å². The Morgan fingerprint density at radius 1 is 1.32 bits per heavy atom. The molecular formula is C15H28BrN3. The Bertz CT molecular complexity index is 385. The van der Waals surface area contributed by atoms with Gasteiger partial charge in [0.05, 0.1) is 15.9 Å². The Kier molecular flexibility index (Phi) is 7.08. The molecule has 0 aromatic carbocycles. The predicted octanol–water partition coefficient (Wildman–Crippen LogP) is 3.70. The first-order chi connectivity index (χ1) is 8.99. The van der Waals surface area contributed by atoms with Gasteiger partial charge in [-0.1, -0.05) is 34.1 Å². The van der Waals surface area contributed by atoms with E-state index in [2.05, 4.69) is 61.1 Å². The quantitative estimate of drug-likeness (QED) is 0.788. The summed E-state index contributed by atoms with van der Waals surface area (Å²) in [7, 11) is 2.05. The Labute approximate surface area is 126 Å². The Morgan fingerprint density at radius 2 is 2.00 bits per heavy atom. The third kappa shape index (κ3) is 4.92. The van der Waals surface area contributed by atoms with Crippen molar-refractivity contribution in [3.63, 3.8) is 0 Å². The fraction of sp³-hybridized carbons (Fsp3) is 0.800. The van der Waals surface area contributed by atoms with Crippen molar-refractivity contribution in [2.45, 2.75) is 59.4 Å². The number of hydrogen-bond acceptors (Lipinski definition) is 2. The van der Waals surface area contributed by atoms with E-state index in [9.17, 15) is 0 Å². The molecule has 19 heavy (non-hydrogen) atoms. The molecule has 0 radical (unpaired) electrons. The molecule has 0 spiro atoms. The Morgan fingerprint density at radius 3 is 2.47 bits per heavy atom. The Hall–Kier alpha value is -0.350. The molecule has 0 saturated heterocycles. The van der Waals surface area contributed by atoms with Crippen LogP contribution in [0.3, 0.4) is 0 Å². The van der Waals surface area contributed by atoms with Crippen molar-refractivity contribution in [3.8, 4) is 0 Å². The van der Waals surface area contributed by atoms with Crippen LogP contribution in [-0.2, 0) is 19.9 Å². The number of nitrogens with zero attached hydrogens (tertiary/aromatic N) is 2. The summed E-state index contributed by atoms with van der Waals surface area (Å²) in [6, 6.07) is 0.556. The highest BCUT2D eigenvalue weighted by Gasteiger charge is 2.17. The van der Waals surface area contributed by atoms with Crippen LogP contribution in [0.2, 0.25) is 0 Å². The molecule has 1 atom stereocenters. The molecule has 110 valence electrons. The lowest BCUT2D eigenvalue weighted by molar-refractivity contribution is 0.409. The van der Waals surface area contributed by atoms with E-state index in [1.807, 2.05) is 4.68 Å². The van der Waals surface area contributed by atoms with Gasteiger partial charge < -0.3 is 5.32 Å². The van der Waals surface area contributed by atoms with E-state index in [0.29, 0.717) is 12.0 Å². The fourth-order valence-electron chi connectivity index (χ4n) is 2.40. The lowest BCUT2D eigenvalue weighted by Crippen LogP contribution is -2.30. The number of aromatic nitrogens is 2. The lowest BCUT2D eigenvalue weighted by atomic mass is 9.97. The first-order valence-electron chi connectivity index (χ1n) is 7.43. The average Bonchev–Trinajstić information content (AvgIpc) is 2.63. The minimum absolute atomic E-state index is 0.556. The summed E-state index contributed by atoms with van der Waals surface area (Å²) in [6.07, 6.45) is 4.58. The molecule has 1 unspecified atom stereocenters. The van der Waals surface area contributed by atoms with Crippen LogP contribution in [-0.4, -0.2) is 22.4 Å². The van der Waals surface area contributed by atoms with Gasteiger partial charge in [0.25, 0.3) is 0 Å². The van der Waals surface area contributed by atoms with Gasteiger partial charge in [0, 0.05) is 13.1 Å². The fourth-order valence-corrected chi connectivity index (χ4v) is 3.18. The van der Waals surface area contributed by atoms with E-state index >= 15 is 0 Å². The molecule has 0 amide bonds. The van der Waals surface area contributed by atoms with Crippen LogP contribution in [0.5, 0.6) is 0 Å². The highest BCUT2D eigenvalue weighted by molar-refractivity contribution is 9.10. The number of rotatable bonds is 8. The zero-order valence-corrected chi connectivity index (χ0v) is 14.5. The van der Waals surface area contributed by atoms with Gasteiger partial charge in [0.15, 0.2) is 0 Å². The molecule has 0 fully saturated rings. The van der Waals surface area contributed by atoms with Crippen LogP contribution < -0.4 is 5.32 Å². The van der Waals surface area contributed by atoms with Crippen molar-refractivity contribution in [3.05, 3.63) is 15.9 Å². The van der Waals surface area contributed by atoms with Crippen LogP contribution >= 0.6 is 15.9 Å². The zero-order valence-electron chi connectivity index (χ0n) is 13.0. The van der Waals surface area contributed by atoms with Gasteiger partial charge in [-0.05, 0) is 47.7 Å². The molecular weight excluding hydrogens is 302 g/mol. The maximum Gasteiger partial charge on any atom is 0.0766 e. The molecule has 3 nitrogen and oxygen atoms in total. The van der Waals surface area contributed by atoms with E-state index in [1.54, 1.807) is 0 Å². The average molecular weight is 330 g/mol. The van der Waals surface area contributed by atoms with Gasteiger partial charge in [-0.3, -0.25) is 4.68 Å². The van der Waals surface area contributed by atoms with Crippen molar-refractivity contribution in [2.75, 3.05) is 6.54 Å². The molecule has 0 aliphatic carbocycles. The third-order valence-electron chi connectivity index (χ3n) is 3.50. The standard InChI is InChI=1S/C15H28BrN3/c1-6-8-12(10-17-11(3)4)9-14-15(16)13(7-2)18-19(14)5/h11-12,17H,6-10H2,1-5H3. The lowest BCUT2D eigenvalue weighted by Gasteiger charge is -2.19. The van der Waals surface area contributed by atoms with Crippen LogP contribution in [0.1, 0.15) is 51.9 Å². The maximum absolute atomic E-state index is 4.59. The summed E-state index contributed by atoms with van der Waals surface area (Å²) in [6.45, 7) is 9.92. The first kappa shape index (κ1) is 16.7. The highest BCUT2D eigenvalue weighted by atomic mass is 79.9. The molecule has 1 aromatic rings. The van der Waals surface area contributed by atoms with Gasteiger partial charge in [-0.25, -0.2) is 0 Å². The zero-order chi connectivity index (χ0) is 14.4. The van der Waals surface area contributed by atoms with E-state index < -0.39 is 0 Å². The minimum atomic E-state index is 0.556. The summed E-state index contributed by atoms with van der Waals surface area (Å²) < 4.78 is 3.25. The number of aryl methyl sites for hydroxylation is 2. The first-order valence-corrected chi connectivity index (χ1v) is 8.22. The molecule has 1 aromatic heterocycles. The smallest absolute Gasteiger partial charge is 0.0766 e. The van der Waals surface area contributed by atoms with Crippen LogP contribution in [0.25, 0.3) is 0 Å². The summed E-state index contributed by atoms with van der Waals surface area (Å²) in [5.41, 5.74) is 2.51. The van der Waals surface area contributed by atoms with Crippen molar-refractivity contribution >= 4 is 15.9 Å². The summed E-state index contributed by atoms with van der Waals surface area (Å²) in [4.78, 5) is 0. The molecule has 0 saturated carbocycles. The van der Waals surface area contributed by atoms with Gasteiger partial charge >= 0.3 is 0 Å². The van der Waals surface area contributed by atoms with Crippen molar-refractivity contribution < 1.29 is 0 Å². The van der Waals surface area contributed by atoms with Crippen LogP contribution in [0.15, 0.2) is 4.47 Å². The van der Waals surface area contributed by atoms with E-state index in [4.69, 9.17) is 0 Å². The van der Waals surface area contributed by atoms with Crippen molar-refractivity contribution in [1.29, 1.82) is 0 Å². The van der Waals surface area contributed by atoms with Crippen LogP contribution in [0.4, 0.5) is 0 Å².